The van der Waals surface area contributed by atoms with Gasteiger partial charge in [0.2, 0.25) is 0 Å². The molecular formula is C5H12N2. The Balaban J connectivity index is 2.78. The van der Waals surface area contributed by atoms with Crippen molar-refractivity contribution in [3.05, 3.63) is 12.4 Å². The smallest absolute Gasteiger partial charge is 0.0124 e. The standard InChI is InChI=1S/C5H12N2/c1-3-7-5-4-6-2/h4-7H,3H2,1-2H3/b5-4+. The summed E-state index contributed by atoms with van der Waals surface area (Å²) in [5, 5.41) is 5.87. The lowest BCUT2D eigenvalue weighted by Crippen LogP contribution is -2.04. The first kappa shape index (κ1) is 6.34. The molecule has 2 heteroatoms. The molecule has 42 valence electrons. The lowest BCUT2D eigenvalue weighted by Gasteiger charge is -1.89. The Hall–Kier alpha value is -0.660. The maximum absolute atomic E-state index is 3.01. The third-order valence-electron chi connectivity index (χ3n) is 0.572. The first-order chi connectivity index (χ1) is 3.41. The van der Waals surface area contributed by atoms with Gasteiger partial charge < -0.3 is 10.6 Å². The van der Waals surface area contributed by atoms with E-state index in [1.165, 1.54) is 0 Å². The van der Waals surface area contributed by atoms with Gasteiger partial charge in [-0.1, -0.05) is 0 Å². The molecule has 0 aromatic rings. The van der Waals surface area contributed by atoms with Crippen LogP contribution in [0.3, 0.4) is 0 Å². The monoisotopic (exact) mass is 100 g/mol. The van der Waals surface area contributed by atoms with Crippen LogP contribution in [0, 0.1) is 0 Å². The fourth-order valence-electron chi connectivity index (χ4n) is 0.260. The average molecular weight is 100 g/mol. The van der Waals surface area contributed by atoms with Gasteiger partial charge in [-0.05, 0) is 6.92 Å². The van der Waals surface area contributed by atoms with Crippen molar-refractivity contribution in [3.63, 3.8) is 0 Å². The lowest BCUT2D eigenvalue weighted by atomic mass is 10.7. The molecule has 0 aromatic heterocycles. The number of hydrogen-bond donors (Lipinski definition) is 2. The Kier molecular flexibility index (Phi) is 4.84. The van der Waals surface area contributed by atoms with E-state index in [0.29, 0.717) is 0 Å². The van der Waals surface area contributed by atoms with Crippen molar-refractivity contribution >= 4 is 0 Å². The normalized spacial score (nSPS) is 9.43. The van der Waals surface area contributed by atoms with Crippen molar-refractivity contribution in [2.75, 3.05) is 13.6 Å². The number of nitrogens with one attached hydrogen (secondary N) is 2. The Morgan fingerprint density at radius 2 is 2.14 bits per heavy atom. The second kappa shape index (κ2) is 5.34. The predicted molar refractivity (Wildman–Crippen MR) is 31.9 cm³/mol. The maximum atomic E-state index is 3.01. The minimum absolute atomic E-state index is 0.984. The highest BCUT2D eigenvalue weighted by atomic mass is 14.9. The summed E-state index contributed by atoms with van der Waals surface area (Å²) in [4.78, 5) is 0. The molecule has 0 heterocycles. The van der Waals surface area contributed by atoms with Crippen LogP contribution in [-0.4, -0.2) is 13.6 Å². The van der Waals surface area contributed by atoms with E-state index in [-0.39, 0.29) is 0 Å². The first-order valence-electron chi connectivity index (χ1n) is 2.47. The largest absolute Gasteiger partial charge is 0.393 e. The molecule has 0 aromatic carbocycles. The molecule has 0 fully saturated rings. The van der Waals surface area contributed by atoms with Crippen molar-refractivity contribution in [1.82, 2.24) is 10.6 Å². The molecule has 0 aliphatic heterocycles. The summed E-state index contributed by atoms with van der Waals surface area (Å²) in [6.45, 7) is 3.04. The molecule has 0 rings (SSSR count). The molecule has 0 aliphatic rings. The van der Waals surface area contributed by atoms with Crippen LogP contribution >= 0.6 is 0 Å². The van der Waals surface area contributed by atoms with Gasteiger partial charge in [-0.25, -0.2) is 0 Å². The molecule has 0 amide bonds. The average Bonchev–Trinajstić information content (AvgIpc) is 1.69. The zero-order chi connectivity index (χ0) is 5.54. The van der Waals surface area contributed by atoms with E-state index in [9.17, 15) is 0 Å². The first-order valence-corrected chi connectivity index (χ1v) is 2.47. The summed E-state index contributed by atoms with van der Waals surface area (Å²) < 4.78 is 0. The highest BCUT2D eigenvalue weighted by Crippen LogP contribution is 1.55. The summed E-state index contributed by atoms with van der Waals surface area (Å²) in [6, 6.07) is 0. The Morgan fingerprint density at radius 1 is 1.43 bits per heavy atom. The molecule has 0 aliphatic carbocycles. The second-order valence-corrected chi connectivity index (χ2v) is 1.18. The van der Waals surface area contributed by atoms with E-state index in [4.69, 9.17) is 0 Å². The predicted octanol–water partition coefficient (Wildman–Crippen LogP) is 0.286. The van der Waals surface area contributed by atoms with Crippen LogP contribution in [0.1, 0.15) is 6.92 Å². The number of hydrogen-bond acceptors (Lipinski definition) is 2. The van der Waals surface area contributed by atoms with Gasteiger partial charge in [0.1, 0.15) is 0 Å². The van der Waals surface area contributed by atoms with Gasteiger partial charge in [0.15, 0.2) is 0 Å². The summed E-state index contributed by atoms with van der Waals surface area (Å²) in [5.74, 6) is 0. The van der Waals surface area contributed by atoms with Crippen LogP contribution in [0.4, 0.5) is 0 Å². The van der Waals surface area contributed by atoms with Crippen LogP contribution in [0.15, 0.2) is 12.4 Å². The van der Waals surface area contributed by atoms with Gasteiger partial charge in [-0.3, -0.25) is 0 Å². The van der Waals surface area contributed by atoms with E-state index in [2.05, 4.69) is 17.6 Å². The van der Waals surface area contributed by atoms with Gasteiger partial charge in [-0.15, -0.1) is 0 Å². The highest BCUT2D eigenvalue weighted by Gasteiger charge is 1.61. The van der Waals surface area contributed by atoms with Crippen molar-refractivity contribution in [1.29, 1.82) is 0 Å². The molecule has 2 N–H and O–H groups in total. The van der Waals surface area contributed by atoms with Crippen LogP contribution in [0.25, 0.3) is 0 Å². The quantitative estimate of drug-likeness (QED) is 0.532. The molecule has 0 radical (unpaired) electrons. The lowest BCUT2D eigenvalue weighted by molar-refractivity contribution is 0.904. The van der Waals surface area contributed by atoms with Gasteiger partial charge in [0, 0.05) is 26.0 Å². The zero-order valence-electron chi connectivity index (χ0n) is 4.86. The van der Waals surface area contributed by atoms with Crippen LogP contribution in [0.5, 0.6) is 0 Å². The summed E-state index contributed by atoms with van der Waals surface area (Å²) in [6.07, 6.45) is 3.73. The summed E-state index contributed by atoms with van der Waals surface area (Å²) in [5.41, 5.74) is 0. The van der Waals surface area contributed by atoms with Crippen molar-refractivity contribution < 1.29 is 0 Å². The summed E-state index contributed by atoms with van der Waals surface area (Å²) in [7, 11) is 1.87. The van der Waals surface area contributed by atoms with Crippen LogP contribution in [0.2, 0.25) is 0 Å². The molecule has 0 saturated carbocycles. The Morgan fingerprint density at radius 3 is 2.57 bits per heavy atom. The molecule has 0 saturated heterocycles. The van der Waals surface area contributed by atoms with Gasteiger partial charge in [-0.2, -0.15) is 0 Å². The second-order valence-electron chi connectivity index (χ2n) is 1.18. The summed E-state index contributed by atoms with van der Waals surface area (Å²) >= 11 is 0. The molecule has 0 spiro atoms. The van der Waals surface area contributed by atoms with Gasteiger partial charge >= 0.3 is 0 Å². The third-order valence-corrected chi connectivity index (χ3v) is 0.572. The molecule has 0 bridgehead atoms. The minimum Gasteiger partial charge on any atom is -0.393 e. The minimum atomic E-state index is 0.984. The van der Waals surface area contributed by atoms with E-state index >= 15 is 0 Å². The zero-order valence-corrected chi connectivity index (χ0v) is 4.86. The molecular weight excluding hydrogens is 88.1 g/mol. The molecule has 7 heavy (non-hydrogen) atoms. The molecule has 2 nitrogen and oxygen atoms in total. The van der Waals surface area contributed by atoms with E-state index in [1.807, 2.05) is 19.4 Å². The molecule has 0 atom stereocenters. The van der Waals surface area contributed by atoms with Crippen LogP contribution in [-0.2, 0) is 0 Å². The SMILES string of the molecule is CCN/C=C/NC. The third kappa shape index (κ3) is 5.34. The Labute approximate surface area is 44.6 Å². The molecule has 0 unspecified atom stereocenters. The van der Waals surface area contributed by atoms with Crippen molar-refractivity contribution in [3.8, 4) is 0 Å². The van der Waals surface area contributed by atoms with Crippen LogP contribution < -0.4 is 10.6 Å². The fourth-order valence-corrected chi connectivity index (χ4v) is 0.260. The van der Waals surface area contributed by atoms with E-state index in [0.717, 1.165) is 6.54 Å². The van der Waals surface area contributed by atoms with Gasteiger partial charge in [0.25, 0.3) is 0 Å². The highest BCUT2D eigenvalue weighted by molar-refractivity contribution is 4.73. The van der Waals surface area contributed by atoms with Gasteiger partial charge in [0.05, 0.1) is 0 Å². The van der Waals surface area contributed by atoms with E-state index < -0.39 is 0 Å². The topological polar surface area (TPSA) is 24.1 Å². The fraction of sp³-hybridized carbons (Fsp3) is 0.600. The van der Waals surface area contributed by atoms with E-state index in [1.54, 1.807) is 0 Å². The number of rotatable bonds is 3. The Bertz CT molecular complexity index is 50.0. The van der Waals surface area contributed by atoms with Crippen molar-refractivity contribution in [2.24, 2.45) is 0 Å². The maximum Gasteiger partial charge on any atom is 0.0124 e. The van der Waals surface area contributed by atoms with Crippen molar-refractivity contribution in [2.45, 2.75) is 6.92 Å².